The van der Waals surface area contributed by atoms with Gasteiger partial charge in [-0.1, -0.05) is 41.9 Å². The van der Waals surface area contributed by atoms with E-state index in [9.17, 15) is 9.59 Å². The molecule has 0 spiro atoms. The molecule has 0 aliphatic rings. The minimum Gasteiger partial charge on any atom is -0.486 e. The highest BCUT2D eigenvalue weighted by Gasteiger charge is 2.12. The number of carbonyl (C=O) groups excluding carboxylic acids is 2. The molecular weight excluding hydrogens is 380 g/mol. The summed E-state index contributed by atoms with van der Waals surface area (Å²) in [6.07, 6.45) is 2.87. The molecule has 142 valence electrons. The summed E-state index contributed by atoms with van der Waals surface area (Å²) in [5.74, 6) is 0.179. The molecule has 7 heteroatoms. The van der Waals surface area contributed by atoms with Gasteiger partial charge in [0.1, 0.15) is 18.1 Å². The van der Waals surface area contributed by atoms with Gasteiger partial charge in [0.2, 0.25) is 0 Å². The molecule has 2 amide bonds. The summed E-state index contributed by atoms with van der Waals surface area (Å²) in [5.41, 5.74) is 5.33. The Morgan fingerprint density at radius 2 is 1.82 bits per heavy atom. The number of benzene rings is 2. The molecule has 1 heterocycles. The highest BCUT2D eigenvalue weighted by Crippen LogP contribution is 2.14. The van der Waals surface area contributed by atoms with Crippen LogP contribution >= 0.6 is 11.6 Å². The summed E-state index contributed by atoms with van der Waals surface area (Å²) in [6, 6.07) is 19.4. The number of halogens is 1. The molecule has 0 aliphatic carbocycles. The Hall–Kier alpha value is -3.51. The van der Waals surface area contributed by atoms with Gasteiger partial charge in [-0.05, 0) is 48.0 Å². The van der Waals surface area contributed by atoms with Crippen molar-refractivity contribution in [1.82, 2.24) is 10.9 Å². The topological polar surface area (TPSA) is 80.6 Å². The van der Waals surface area contributed by atoms with Crippen molar-refractivity contribution in [1.29, 1.82) is 0 Å². The number of nitrogens with one attached hydrogen (secondary N) is 2. The lowest BCUT2D eigenvalue weighted by Crippen LogP contribution is -2.40. The normalized spacial score (nSPS) is 10.6. The lowest BCUT2D eigenvalue weighted by molar-refractivity contribution is -0.117. The molecule has 2 aromatic carbocycles. The fourth-order valence-corrected chi connectivity index (χ4v) is 2.45. The van der Waals surface area contributed by atoms with Crippen LogP contribution in [-0.4, -0.2) is 11.8 Å². The van der Waals surface area contributed by atoms with Crippen LogP contribution in [0.2, 0.25) is 5.02 Å². The summed E-state index contributed by atoms with van der Waals surface area (Å²) in [5, 5.41) is 0.570. The molecule has 0 bridgehead atoms. The SMILES string of the molecule is O=C(/C=C/c1cccc(Cl)c1)NNC(=O)c1ccc(COc2ccccc2)o1. The second-order valence-electron chi connectivity index (χ2n) is 5.70. The third kappa shape index (κ3) is 5.75. The van der Waals surface area contributed by atoms with Gasteiger partial charge in [-0.25, -0.2) is 0 Å². The first-order valence-corrected chi connectivity index (χ1v) is 8.78. The molecule has 28 heavy (non-hydrogen) atoms. The van der Waals surface area contributed by atoms with Crippen molar-refractivity contribution in [3.05, 3.63) is 94.9 Å². The van der Waals surface area contributed by atoms with Crippen LogP contribution in [0.3, 0.4) is 0 Å². The van der Waals surface area contributed by atoms with E-state index in [-0.39, 0.29) is 12.4 Å². The highest BCUT2D eigenvalue weighted by molar-refractivity contribution is 6.30. The maximum Gasteiger partial charge on any atom is 0.305 e. The maximum atomic E-state index is 12.1. The molecule has 0 unspecified atom stereocenters. The third-order valence-corrected chi connectivity index (χ3v) is 3.82. The number of carbonyl (C=O) groups is 2. The second-order valence-corrected chi connectivity index (χ2v) is 6.14. The van der Waals surface area contributed by atoms with Crippen LogP contribution in [0.15, 0.2) is 77.2 Å². The summed E-state index contributed by atoms with van der Waals surface area (Å²) in [7, 11) is 0. The van der Waals surface area contributed by atoms with Gasteiger partial charge in [0.15, 0.2) is 5.76 Å². The summed E-state index contributed by atoms with van der Waals surface area (Å²) in [6.45, 7) is 0.187. The Labute approximate surface area is 166 Å². The molecule has 3 aromatic rings. The molecule has 0 atom stereocenters. The lowest BCUT2D eigenvalue weighted by atomic mass is 10.2. The number of hydrogen-bond acceptors (Lipinski definition) is 4. The predicted molar refractivity (Wildman–Crippen MR) is 106 cm³/mol. The number of para-hydroxylation sites is 1. The predicted octanol–water partition coefficient (Wildman–Crippen LogP) is 3.99. The molecule has 1 aromatic heterocycles. The maximum absolute atomic E-state index is 12.1. The van der Waals surface area contributed by atoms with Crippen molar-refractivity contribution in [2.75, 3.05) is 0 Å². The zero-order chi connectivity index (χ0) is 19.8. The van der Waals surface area contributed by atoms with Crippen molar-refractivity contribution < 1.29 is 18.7 Å². The zero-order valence-corrected chi connectivity index (χ0v) is 15.5. The van der Waals surface area contributed by atoms with Crippen molar-refractivity contribution in [3.63, 3.8) is 0 Å². The van der Waals surface area contributed by atoms with Gasteiger partial charge < -0.3 is 9.15 Å². The summed E-state index contributed by atoms with van der Waals surface area (Å²) in [4.78, 5) is 23.9. The number of rotatable bonds is 6. The number of amides is 2. The molecule has 3 rings (SSSR count). The largest absolute Gasteiger partial charge is 0.486 e. The van der Waals surface area contributed by atoms with Crippen molar-refractivity contribution in [2.24, 2.45) is 0 Å². The van der Waals surface area contributed by atoms with Gasteiger partial charge in [0.05, 0.1) is 0 Å². The average Bonchev–Trinajstić information content (AvgIpc) is 3.19. The van der Waals surface area contributed by atoms with E-state index in [2.05, 4.69) is 10.9 Å². The van der Waals surface area contributed by atoms with E-state index >= 15 is 0 Å². The second kappa shape index (κ2) is 9.43. The fraction of sp³-hybridized carbons (Fsp3) is 0.0476. The van der Waals surface area contributed by atoms with Gasteiger partial charge in [0, 0.05) is 11.1 Å². The van der Waals surface area contributed by atoms with Gasteiger partial charge in [-0.15, -0.1) is 0 Å². The molecule has 2 N–H and O–H groups in total. The van der Waals surface area contributed by atoms with Gasteiger partial charge >= 0.3 is 5.91 Å². The van der Waals surface area contributed by atoms with E-state index in [4.69, 9.17) is 20.8 Å². The van der Waals surface area contributed by atoms with Gasteiger partial charge in [-0.3, -0.25) is 20.4 Å². The minimum absolute atomic E-state index is 0.0609. The van der Waals surface area contributed by atoms with Crippen LogP contribution in [0.1, 0.15) is 21.9 Å². The standard InChI is InChI=1S/C21H17ClN2O4/c22-16-6-4-5-15(13-16)9-12-20(25)23-24-21(26)19-11-10-18(28-19)14-27-17-7-2-1-3-8-17/h1-13H,14H2,(H,23,25)(H,24,26)/b12-9+. The molecule has 0 saturated carbocycles. The molecule has 0 radical (unpaired) electrons. The zero-order valence-electron chi connectivity index (χ0n) is 14.7. The quantitative estimate of drug-likeness (QED) is 0.487. The first-order valence-electron chi connectivity index (χ1n) is 8.41. The fourth-order valence-electron chi connectivity index (χ4n) is 2.25. The van der Waals surface area contributed by atoms with Gasteiger partial charge in [-0.2, -0.15) is 0 Å². The summed E-state index contributed by atoms with van der Waals surface area (Å²) >= 11 is 5.88. The Balaban J connectivity index is 1.47. The Morgan fingerprint density at radius 1 is 1.00 bits per heavy atom. The van der Waals surface area contributed by atoms with Crippen molar-refractivity contribution in [2.45, 2.75) is 6.61 Å². The van der Waals surface area contributed by atoms with E-state index in [1.807, 2.05) is 30.3 Å². The van der Waals surface area contributed by atoms with E-state index in [0.29, 0.717) is 16.5 Å². The first kappa shape index (κ1) is 19.3. The third-order valence-electron chi connectivity index (χ3n) is 3.58. The van der Waals surface area contributed by atoms with E-state index < -0.39 is 11.8 Å². The number of hydrogen-bond donors (Lipinski definition) is 2. The van der Waals surface area contributed by atoms with E-state index in [0.717, 1.165) is 5.56 Å². The number of furan rings is 1. The molecule has 0 aliphatic heterocycles. The molecule has 6 nitrogen and oxygen atoms in total. The van der Waals surface area contributed by atoms with Crippen LogP contribution in [0, 0.1) is 0 Å². The van der Waals surface area contributed by atoms with Crippen LogP contribution in [0.5, 0.6) is 5.75 Å². The Morgan fingerprint density at radius 3 is 2.61 bits per heavy atom. The van der Waals surface area contributed by atoms with Crippen molar-refractivity contribution in [3.8, 4) is 5.75 Å². The minimum atomic E-state index is -0.574. The van der Waals surface area contributed by atoms with E-state index in [1.54, 1.807) is 36.4 Å². The smallest absolute Gasteiger partial charge is 0.305 e. The van der Waals surface area contributed by atoms with Crippen LogP contribution in [0.25, 0.3) is 6.08 Å². The molecule has 0 fully saturated rings. The van der Waals surface area contributed by atoms with Crippen LogP contribution < -0.4 is 15.6 Å². The summed E-state index contributed by atoms with van der Waals surface area (Å²) < 4.78 is 11.0. The molecular formula is C21H17ClN2O4. The van der Waals surface area contributed by atoms with Crippen molar-refractivity contribution >= 4 is 29.5 Å². The van der Waals surface area contributed by atoms with Crippen LogP contribution in [-0.2, 0) is 11.4 Å². The lowest BCUT2D eigenvalue weighted by Gasteiger charge is -2.04. The Bertz CT molecular complexity index is 983. The highest BCUT2D eigenvalue weighted by atomic mass is 35.5. The van der Waals surface area contributed by atoms with Crippen LogP contribution in [0.4, 0.5) is 0 Å². The van der Waals surface area contributed by atoms with Gasteiger partial charge in [0.25, 0.3) is 5.91 Å². The number of hydrazine groups is 1. The first-order chi connectivity index (χ1) is 13.6. The molecule has 0 saturated heterocycles. The average molecular weight is 397 g/mol. The van der Waals surface area contributed by atoms with E-state index in [1.165, 1.54) is 12.1 Å². The Kier molecular flexibility index (Phi) is 6.49. The monoisotopic (exact) mass is 396 g/mol. The number of ether oxygens (including phenoxy) is 1.